The van der Waals surface area contributed by atoms with Crippen LogP contribution in [0.4, 0.5) is 17.1 Å². The molecule has 0 N–H and O–H groups in total. The van der Waals surface area contributed by atoms with Gasteiger partial charge in [0.15, 0.2) is 4.98 Å². The summed E-state index contributed by atoms with van der Waals surface area (Å²) in [5.41, 5.74) is 0.524. The first kappa shape index (κ1) is 13.1. The molecule has 0 bridgehead atoms. The van der Waals surface area contributed by atoms with Gasteiger partial charge in [-0.3, -0.25) is 20.2 Å². The number of nitro benzene ring substituents is 2. The molecule has 0 aliphatic rings. The third kappa shape index (κ3) is 2.41. The number of benzene rings is 2. The lowest BCUT2D eigenvalue weighted by Gasteiger charge is -2.00. The first-order valence-corrected chi connectivity index (χ1v) is 5.41. The monoisotopic (exact) mass is 271 g/mol. The Morgan fingerprint density at radius 3 is 2.00 bits per heavy atom. The van der Waals surface area contributed by atoms with Gasteiger partial charge in [-0.2, -0.15) is 0 Å². The zero-order valence-corrected chi connectivity index (χ0v) is 9.96. The van der Waals surface area contributed by atoms with Crippen molar-refractivity contribution < 1.29 is 9.85 Å². The average molecular weight is 271 g/mol. The largest absolute Gasteiger partial charge is 0.461 e. The van der Waals surface area contributed by atoms with E-state index in [0.717, 1.165) is 0 Å². The van der Waals surface area contributed by atoms with Gasteiger partial charge >= 0.3 is 11.4 Å². The van der Waals surface area contributed by atoms with Crippen LogP contribution in [0.5, 0.6) is 0 Å². The molecular weight excluding hydrogens is 264 g/mol. The summed E-state index contributed by atoms with van der Waals surface area (Å²) in [4.78, 5) is 23.0. The summed E-state index contributed by atoms with van der Waals surface area (Å²) < 4.78 is 0. The Kier molecular flexibility index (Phi) is 3.35. The SMILES string of the molecule is N#[N+]c1ccc(-c2ccc([N+](=O)[O-])cc2)cc1[N+](=O)[O-]. The molecule has 0 spiro atoms. The molecule has 0 unspecified atom stereocenters. The van der Waals surface area contributed by atoms with Gasteiger partial charge in [-0.1, -0.05) is 0 Å². The van der Waals surface area contributed by atoms with Gasteiger partial charge in [-0.25, -0.2) is 0 Å². The van der Waals surface area contributed by atoms with Gasteiger partial charge in [0.05, 0.1) is 9.85 Å². The van der Waals surface area contributed by atoms with Crippen molar-refractivity contribution in [3.63, 3.8) is 0 Å². The normalized spacial score (nSPS) is 9.75. The lowest BCUT2D eigenvalue weighted by Crippen LogP contribution is -1.90. The van der Waals surface area contributed by atoms with Gasteiger partial charge in [0.1, 0.15) is 0 Å². The third-order valence-electron chi connectivity index (χ3n) is 2.69. The lowest BCUT2D eigenvalue weighted by molar-refractivity contribution is -0.384. The Balaban J connectivity index is 2.48. The van der Waals surface area contributed by atoms with Gasteiger partial charge in [0, 0.05) is 24.3 Å². The van der Waals surface area contributed by atoms with E-state index in [2.05, 4.69) is 4.98 Å². The molecule has 8 nitrogen and oxygen atoms in total. The Morgan fingerprint density at radius 1 is 0.900 bits per heavy atom. The molecule has 20 heavy (non-hydrogen) atoms. The van der Waals surface area contributed by atoms with Gasteiger partial charge in [-0.15, -0.1) is 0 Å². The molecule has 0 saturated carbocycles. The number of non-ortho nitro benzene ring substituents is 1. The summed E-state index contributed by atoms with van der Waals surface area (Å²) in [6, 6.07) is 9.69. The highest BCUT2D eigenvalue weighted by Gasteiger charge is 2.25. The molecule has 0 amide bonds. The first-order chi connectivity index (χ1) is 9.52. The molecule has 2 aromatic rings. The highest BCUT2D eigenvalue weighted by molar-refractivity contribution is 5.74. The van der Waals surface area contributed by atoms with Gasteiger partial charge in [0.25, 0.3) is 5.69 Å². The van der Waals surface area contributed by atoms with E-state index in [-0.39, 0.29) is 17.1 Å². The standard InChI is InChI=1S/C12H7N4O4/c13-14-11-6-3-9(7-12(11)16(19)20)8-1-4-10(5-2-8)15(17)18/h1-7H/q+1. The third-order valence-corrected chi connectivity index (χ3v) is 2.69. The second-order valence-corrected chi connectivity index (χ2v) is 3.86. The van der Waals surface area contributed by atoms with E-state index in [9.17, 15) is 20.2 Å². The van der Waals surface area contributed by atoms with Crippen molar-refractivity contribution in [2.75, 3.05) is 0 Å². The molecule has 2 rings (SSSR count). The van der Waals surface area contributed by atoms with Crippen LogP contribution < -0.4 is 0 Å². The topological polar surface area (TPSA) is 114 Å². The van der Waals surface area contributed by atoms with Crippen LogP contribution in [-0.2, 0) is 0 Å². The predicted molar refractivity (Wildman–Crippen MR) is 69.9 cm³/mol. The van der Waals surface area contributed by atoms with E-state index in [1.807, 2.05) is 0 Å². The minimum Gasteiger partial charge on any atom is -0.258 e. The van der Waals surface area contributed by atoms with Crippen LogP contribution in [0.1, 0.15) is 0 Å². The second-order valence-electron chi connectivity index (χ2n) is 3.86. The number of rotatable bonds is 3. The average Bonchev–Trinajstić information content (AvgIpc) is 2.46. The van der Waals surface area contributed by atoms with Crippen LogP contribution in [-0.4, -0.2) is 9.85 Å². The summed E-state index contributed by atoms with van der Waals surface area (Å²) in [6.07, 6.45) is 0. The summed E-state index contributed by atoms with van der Waals surface area (Å²) in [6.45, 7) is 0. The van der Waals surface area contributed by atoms with Crippen LogP contribution in [0.3, 0.4) is 0 Å². The van der Waals surface area contributed by atoms with Crippen LogP contribution in [0, 0.1) is 25.6 Å². The van der Waals surface area contributed by atoms with Crippen molar-refractivity contribution in [3.8, 4) is 11.1 Å². The van der Waals surface area contributed by atoms with Crippen molar-refractivity contribution in [2.24, 2.45) is 0 Å². The van der Waals surface area contributed by atoms with Crippen molar-refractivity contribution >= 4 is 17.1 Å². The fourth-order valence-electron chi connectivity index (χ4n) is 1.71. The number of nitro groups is 2. The molecule has 0 aliphatic carbocycles. The zero-order valence-electron chi connectivity index (χ0n) is 9.96. The Labute approximate surface area is 112 Å². The lowest BCUT2D eigenvalue weighted by atomic mass is 10.0. The van der Waals surface area contributed by atoms with E-state index in [1.54, 1.807) is 0 Å². The van der Waals surface area contributed by atoms with E-state index in [4.69, 9.17) is 5.39 Å². The summed E-state index contributed by atoms with van der Waals surface area (Å²) in [7, 11) is 0. The van der Waals surface area contributed by atoms with Crippen LogP contribution >= 0.6 is 0 Å². The van der Waals surface area contributed by atoms with E-state index in [0.29, 0.717) is 11.1 Å². The molecule has 0 aromatic heterocycles. The molecule has 0 radical (unpaired) electrons. The molecule has 0 atom stereocenters. The molecule has 0 fully saturated rings. The quantitative estimate of drug-likeness (QED) is 0.480. The summed E-state index contributed by atoms with van der Waals surface area (Å²) in [5, 5.41) is 30.1. The molecule has 8 heteroatoms. The molecular formula is C12H7N4O4+. The fraction of sp³-hybridized carbons (Fsp3) is 0. The highest BCUT2D eigenvalue weighted by atomic mass is 16.6. The number of diazo groups is 1. The number of hydrogen-bond donors (Lipinski definition) is 0. The maximum Gasteiger partial charge on any atom is 0.461 e. The van der Waals surface area contributed by atoms with Crippen molar-refractivity contribution in [1.82, 2.24) is 0 Å². The van der Waals surface area contributed by atoms with Gasteiger partial charge < -0.3 is 0 Å². The van der Waals surface area contributed by atoms with Gasteiger partial charge in [0.2, 0.25) is 5.39 Å². The highest BCUT2D eigenvalue weighted by Crippen LogP contribution is 2.32. The maximum absolute atomic E-state index is 10.9. The van der Waals surface area contributed by atoms with Crippen molar-refractivity contribution in [3.05, 3.63) is 67.7 Å². The smallest absolute Gasteiger partial charge is 0.258 e. The fourth-order valence-corrected chi connectivity index (χ4v) is 1.71. The van der Waals surface area contributed by atoms with E-state index >= 15 is 0 Å². The maximum atomic E-state index is 10.9. The van der Waals surface area contributed by atoms with Crippen LogP contribution in [0.15, 0.2) is 42.5 Å². The molecule has 0 saturated heterocycles. The van der Waals surface area contributed by atoms with Crippen LogP contribution in [0.25, 0.3) is 16.1 Å². The van der Waals surface area contributed by atoms with Gasteiger partial charge in [-0.05, 0) is 29.3 Å². The summed E-state index contributed by atoms with van der Waals surface area (Å²) in [5.74, 6) is 0. The number of hydrogen-bond acceptors (Lipinski definition) is 5. The second kappa shape index (κ2) is 5.11. The Morgan fingerprint density at radius 2 is 1.50 bits per heavy atom. The first-order valence-electron chi connectivity index (χ1n) is 5.41. The Hall–Kier alpha value is -3.34. The van der Waals surface area contributed by atoms with Crippen molar-refractivity contribution in [2.45, 2.75) is 0 Å². The number of nitrogens with zero attached hydrogens (tertiary/aromatic N) is 4. The minimum atomic E-state index is -0.663. The molecule has 0 heterocycles. The van der Waals surface area contributed by atoms with E-state index in [1.165, 1.54) is 42.5 Å². The van der Waals surface area contributed by atoms with Crippen LogP contribution in [0.2, 0.25) is 0 Å². The Bertz CT molecular complexity index is 734. The zero-order chi connectivity index (χ0) is 14.7. The minimum absolute atomic E-state index is 0.0646. The molecule has 0 aliphatic heterocycles. The predicted octanol–water partition coefficient (Wildman–Crippen LogP) is 3.65. The molecule has 2 aromatic carbocycles. The molecule has 98 valence electrons. The summed E-state index contributed by atoms with van der Waals surface area (Å²) >= 11 is 0. The van der Waals surface area contributed by atoms with E-state index < -0.39 is 9.85 Å². The van der Waals surface area contributed by atoms with Crippen molar-refractivity contribution in [1.29, 1.82) is 5.39 Å².